The molecular weight excluding hydrogens is 253 g/mol. The highest BCUT2D eigenvalue weighted by molar-refractivity contribution is 5.55. The molecule has 1 fully saturated rings. The number of benzene rings is 1. The molecule has 0 aromatic heterocycles. The minimum absolute atomic E-state index is 0.506. The quantitative estimate of drug-likeness (QED) is 0.897. The molecular formula is C14H19F3N2. The second kappa shape index (κ2) is 5.72. The molecule has 0 unspecified atom stereocenters. The Hall–Kier alpha value is -1.39. The van der Waals surface area contributed by atoms with Gasteiger partial charge in [0.25, 0.3) is 0 Å². The standard InChI is InChI=1S/C14H19F3N2/c1-11-6-8-19(9-7-11)13-4-2-12(3-5-13)18-10-14(15,16)17/h2-5,11,18H,6-10H2,1H3. The van der Waals surface area contributed by atoms with Crippen LogP contribution in [0.15, 0.2) is 24.3 Å². The number of halogens is 3. The molecule has 1 heterocycles. The summed E-state index contributed by atoms with van der Waals surface area (Å²) in [5.41, 5.74) is 1.59. The molecule has 0 saturated carbocycles. The molecule has 1 N–H and O–H groups in total. The number of hydrogen-bond acceptors (Lipinski definition) is 2. The Balaban J connectivity index is 1.91. The van der Waals surface area contributed by atoms with E-state index in [9.17, 15) is 13.2 Å². The molecule has 0 amide bonds. The first-order valence-corrected chi connectivity index (χ1v) is 6.60. The smallest absolute Gasteiger partial charge is 0.376 e. The Morgan fingerprint density at radius 3 is 2.26 bits per heavy atom. The van der Waals surface area contributed by atoms with Crippen molar-refractivity contribution in [1.29, 1.82) is 0 Å². The first-order valence-electron chi connectivity index (χ1n) is 6.60. The number of piperidine rings is 1. The second-order valence-corrected chi connectivity index (χ2v) is 5.19. The number of rotatable bonds is 3. The zero-order chi connectivity index (χ0) is 13.9. The van der Waals surface area contributed by atoms with Crippen molar-refractivity contribution in [2.75, 3.05) is 29.9 Å². The lowest BCUT2D eigenvalue weighted by molar-refractivity contribution is -0.115. The van der Waals surface area contributed by atoms with Gasteiger partial charge >= 0.3 is 6.18 Å². The van der Waals surface area contributed by atoms with Crippen LogP contribution in [0.2, 0.25) is 0 Å². The van der Waals surface area contributed by atoms with Crippen LogP contribution in [0, 0.1) is 5.92 Å². The molecule has 0 bridgehead atoms. The van der Waals surface area contributed by atoms with Gasteiger partial charge in [0.15, 0.2) is 0 Å². The molecule has 0 atom stereocenters. The third-order valence-electron chi connectivity index (χ3n) is 3.51. The minimum Gasteiger partial charge on any atom is -0.376 e. The molecule has 0 aliphatic carbocycles. The molecule has 1 saturated heterocycles. The van der Waals surface area contributed by atoms with E-state index in [1.807, 2.05) is 12.1 Å². The summed E-state index contributed by atoms with van der Waals surface area (Å²) in [7, 11) is 0. The molecule has 2 rings (SSSR count). The summed E-state index contributed by atoms with van der Waals surface area (Å²) in [6.45, 7) is 3.31. The van der Waals surface area contributed by atoms with Crippen LogP contribution < -0.4 is 10.2 Å². The maximum atomic E-state index is 12.1. The monoisotopic (exact) mass is 272 g/mol. The molecule has 1 aliphatic heterocycles. The van der Waals surface area contributed by atoms with E-state index in [1.165, 1.54) is 12.8 Å². The SMILES string of the molecule is CC1CCN(c2ccc(NCC(F)(F)F)cc2)CC1. The third kappa shape index (κ3) is 4.33. The van der Waals surface area contributed by atoms with Gasteiger partial charge in [-0.1, -0.05) is 6.92 Å². The van der Waals surface area contributed by atoms with Crippen molar-refractivity contribution in [3.63, 3.8) is 0 Å². The molecule has 0 spiro atoms. The van der Waals surface area contributed by atoms with Gasteiger partial charge in [-0.2, -0.15) is 13.2 Å². The van der Waals surface area contributed by atoms with Gasteiger partial charge in [-0.15, -0.1) is 0 Å². The highest BCUT2D eigenvalue weighted by Gasteiger charge is 2.26. The predicted molar refractivity (Wildman–Crippen MR) is 71.6 cm³/mol. The van der Waals surface area contributed by atoms with Crippen molar-refractivity contribution in [2.24, 2.45) is 5.92 Å². The van der Waals surface area contributed by atoms with Crippen molar-refractivity contribution in [3.8, 4) is 0 Å². The fourth-order valence-electron chi connectivity index (χ4n) is 2.26. The zero-order valence-corrected chi connectivity index (χ0v) is 11.0. The molecule has 106 valence electrons. The van der Waals surface area contributed by atoms with Crippen molar-refractivity contribution in [3.05, 3.63) is 24.3 Å². The van der Waals surface area contributed by atoms with Crippen LogP contribution in [0.4, 0.5) is 24.5 Å². The molecule has 5 heteroatoms. The van der Waals surface area contributed by atoms with Crippen molar-refractivity contribution < 1.29 is 13.2 Å². The largest absolute Gasteiger partial charge is 0.405 e. The van der Waals surface area contributed by atoms with Gasteiger partial charge in [0.2, 0.25) is 0 Å². The van der Waals surface area contributed by atoms with E-state index in [2.05, 4.69) is 17.1 Å². The molecule has 0 radical (unpaired) electrons. The lowest BCUT2D eigenvalue weighted by atomic mass is 9.99. The number of anilines is 2. The number of nitrogens with zero attached hydrogens (tertiary/aromatic N) is 1. The lowest BCUT2D eigenvalue weighted by Gasteiger charge is -2.32. The highest BCUT2D eigenvalue weighted by atomic mass is 19.4. The normalized spacial score (nSPS) is 17.6. The lowest BCUT2D eigenvalue weighted by Crippen LogP contribution is -2.32. The maximum Gasteiger partial charge on any atom is 0.405 e. The molecule has 1 aromatic rings. The van der Waals surface area contributed by atoms with Crippen LogP contribution in [0.3, 0.4) is 0 Å². The van der Waals surface area contributed by atoms with Gasteiger partial charge in [0, 0.05) is 24.5 Å². The van der Waals surface area contributed by atoms with Crippen molar-refractivity contribution in [1.82, 2.24) is 0 Å². The Morgan fingerprint density at radius 1 is 1.16 bits per heavy atom. The maximum absolute atomic E-state index is 12.1. The predicted octanol–water partition coefficient (Wildman–Crippen LogP) is 3.90. The summed E-state index contributed by atoms with van der Waals surface area (Å²) in [6.07, 6.45) is -1.83. The first-order chi connectivity index (χ1) is 8.94. The van der Waals surface area contributed by atoms with Gasteiger partial charge in [0.1, 0.15) is 6.54 Å². The topological polar surface area (TPSA) is 15.3 Å². The average molecular weight is 272 g/mol. The molecule has 1 aromatic carbocycles. The van der Waals surface area contributed by atoms with Crippen LogP contribution in [0.25, 0.3) is 0 Å². The van der Waals surface area contributed by atoms with E-state index in [0.29, 0.717) is 5.69 Å². The fourth-order valence-corrected chi connectivity index (χ4v) is 2.26. The van der Waals surface area contributed by atoms with Crippen LogP contribution in [-0.4, -0.2) is 25.8 Å². The Labute approximate surface area is 111 Å². The summed E-state index contributed by atoms with van der Waals surface area (Å²) in [4.78, 5) is 2.29. The Kier molecular flexibility index (Phi) is 4.22. The summed E-state index contributed by atoms with van der Waals surface area (Å²) >= 11 is 0. The third-order valence-corrected chi connectivity index (χ3v) is 3.51. The number of hydrogen-bond donors (Lipinski definition) is 1. The average Bonchev–Trinajstić information content (AvgIpc) is 2.37. The summed E-state index contributed by atoms with van der Waals surface area (Å²) in [5.74, 6) is 0.768. The Morgan fingerprint density at radius 2 is 1.74 bits per heavy atom. The second-order valence-electron chi connectivity index (χ2n) is 5.19. The number of nitrogens with one attached hydrogen (secondary N) is 1. The van der Waals surface area contributed by atoms with E-state index >= 15 is 0 Å². The van der Waals surface area contributed by atoms with Crippen LogP contribution in [0.5, 0.6) is 0 Å². The van der Waals surface area contributed by atoms with Gasteiger partial charge in [0.05, 0.1) is 0 Å². The fraction of sp³-hybridized carbons (Fsp3) is 0.571. The van der Waals surface area contributed by atoms with E-state index < -0.39 is 12.7 Å². The highest BCUT2D eigenvalue weighted by Crippen LogP contribution is 2.24. The van der Waals surface area contributed by atoms with Gasteiger partial charge in [-0.25, -0.2) is 0 Å². The summed E-state index contributed by atoms with van der Waals surface area (Å²) in [6, 6.07) is 7.18. The number of alkyl halides is 3. The molecule has 1 aliphatic rings. The van der Waals surface area contributed by atoms with Crippen LogP contribution in [0.1, 0.15) is 19.8 Å². The molecule has 2 nitrogen and oxygen atoms in total. The van der Waals surface area contributed by atoms with Crippen molar-refractivity contribution >= 4 is 11.4 Å². The first kappa shape index (κ1) is 14.0. The minimum atomic E-state index is -4.18. The van der Waals surface area contributed by atoms with E-state index in [1.54, 1.807) is 12.1 Å². The van der Waals surface area contributed by atoms with E-state index in [4.69, 9.17) is 0 Å². The summed E-state index contributed by atoms with van der Waals surface area (Å²) < 4.78 is 36.2. The van der Waals surface area contributed by atoms with E-state index in [-0.39, 0.29) is 0 Å². The van der Waals surface area contributed by atoms with Gasteiger partial charge in [-0.05, 0) is 43.0 Å². The van der Waals surface area contributed by atoms with Gasteiger partial charge in [-0.3, -0.25) is 0 Å². The summed E-state index contributed by atoms with van der Waals surface area (Å²) in [5, 5.41) is 2.38. The van der Waals surface area contributed by atoms with Gasteiger partial charge < -0.3 is 10.2 Å². The van der Waals surface area contributed by atoms with E-state index in [0.717, 1.165) is 24.7 Å². The zero-order valence-electron chi connectivity index (χ0n) is 11.0. The Bertz CT molecular complexity index is 392. The van der Waals surface area contributed by atoms with Crippen LogP contribution in [-0.2, 0) is 0 Å². The van der Waals surface area contributed by atoms with Crippen molar-refractivity contribution in [2.45, 2.75) is 25.9 Å². The molecule has 19 heavy (non-hydrogen) atoms. The van der Waals surface area contributed by atoms with Crippen LogP contribution >= 0.6 is 0 Å².